The smallest absolute Gasteiger partial charge is 0.253 e. The topological polar surface area (TPSA) is 54.0 Å². The lowest BCUT2D eigenvalue weighted by Crippen LogP contribution is -2.30. The van der Waals surface area contributed by atoms with Crippen molar-refractivity contribution in [3.63, 3.8) is 0 Å². The lowest BCUT2D eigenvalue weighted by Gasteiger charge is -2.04. The van der Waals surface area contributed by atoms with Crippen LogP contribution in [0.4, 0.5) is 5.82 Å². The van der Waals surface area contributed by atoms with Crippen LogP contribution in [-0.2, 0) is 4.79 Å². The number of anilines is 1. The summed E-state index contributed by atoms with van der Waals surface area (Å²) in [7, 11) is 0. The fraction of sp³-hybridized carbons (Fsp3) is 0.143. The van der Waals surface area contributed by atoms with Crippen molar-refractivity contribution in [3.05, 3.63) is 24.4 Å². The largest absolute Gasteiger partial charge is 0.282 e. The van der Waals surface area contributed by atoms with Crippen LogP contribution in [0.3, 0.4) is 0 Å². The molecule has 2 N–H and O–H groups in total. The van der Waals surface area contributed by atoms with Crippen LogP contribution in [0.5, 0.6) is 0 Å². The first-order chi connectivity index (χ1) is 5.83. The van der Waals surface area contributed by atoms with Crippen LogP contribution in [0, 0.1) is 0 Å². The summed E-state index contributed by atoms with van der Waals surface area (Å²) in [6.45, 7) is 0. The number of nitrogens with one attached hydrogen (secondary N) is 2. The average Bonchev–Trinajstić information content (AvgIpc) is 2.16. The van der Waals surface area contributed by atoms with Gasteiger partial charge in [-0.1, -0.05) is 6.07 Å². The Labute approximate surface area is 74.9 Å². The molecule has 0 aliphatic carbocycles. The molecule has 0 aliphatic heterocycles. The Morgan fingerprint density at radius 2 is 2.42 bits per heavy atom. The molecule has 1 aromatic heterocycles. The second kappa shape index (κ2) is 4.56. The van der Waals surface area contributed by atoms with Gasteiger partial charge in [-0.2, -0.15) is 0 Å². The third-order valence-electron chi connectivity index (χ3n) is 1.12. The zero-order valence-corrected chi connectivity index (χ0v) is 7.01. The molecule has 0 saturated carbocycles. The Hall–Kier alpha value is -1.29. The van der Waals surface area contributed by atoms with Gasteiger partial charge in [0, 0.05) is 6.20 Å². The van der Waals surface area contributed by atoms with Gasteiger partial charge in [-0.05, 0) is 12.1 Å². The van der Waals surface area contributed by atoms with Crippen molar-refractivity contribution in [2.75, 3.05) is 11.3 Å². The number of hydrazine groups is 1. The summed E-state index contributed by atoms with van der Waals surface area (Å²) in [5.41, 5.74) is 4.97. The van der Waals surface area contributed by atoms with Crippen molar-refractivity contribution in [3.8, 4) is 0 Å². The highest BCUT2D eigenvalue weighted by atomic mass is 35.5. The van der Waals surface area contributed by atoms with Crippen molar-refractivity contribution >= 4 is 23.3 Å². The number of rotatable bonds is 3. The Bertz CT molecular complexity index is 252. The number of carbonyl (C=O) groups excluding carboxylic acids is 1. The highest BCUT2D eigenvalue weighted by Gasteiger charge is 1.95. The number of carbonyl (C=O) groups is 1. The van der Waals surface area contributed by atoms with Gasteiger partial charge in [0.1, 0.15) is 11.7 Å². The number of pyridine rings is 1. The summed E-state index contributed by atoms with van der Waals surface area (Å²) >= 11 is 5.25. The Kier molecular flexibility index (Phi) is 3.35. The van der Waals surface area contributed by atoms with Crippen molar-refractivity contribution in [2.45, 2.75) is 0 Å². The van der Waals surface area contributed by atoms with Crippen LogP contribution in [0.15, 0.2) is 24.4 Å². The fourth-order valence-corrected chi connectivity index (χ4v) is 0.671. The first kappa shape index (κ1) is 8.80. The van der Waals surface area contributed by atoms with Crippen LogP contribution >= 0.6 is 11.6 Å². The summed E-state index contributed by atoms with van der Waals surface area (Å²) in [4.78, 5) is 14.6. The van der Waals surface area contributed by atoms with E-state index in [1.807, 2.05) is 6.07 Å². The highest BCUT2D eigenvalue weighted by molar-refractivity contribution is 6.27. The molecule has 12 heavy (non-hydrogen) atoms. The molecule has 0 fully saturated rings. The number of nitrogens with zero attached hydrogens (tertiary/aromatic N) is 1. The van der Waals surface area contributed by atoms with Crippen LogP contribution in [0.2, 0.25) is 0 Å². The van der Waals surface area contributed by atoms with Crippen LogP contribution in [0.25, 0.3) is 0 Å². The number of alkyl halides is 1. The molecule has 0 radical (unpaired) electrons. The second-order valence-electron chi connectivity index (χ2n) is 2.02. The molecule has 1 amide bonds. The van der Waals surface area contributed by atoms with E-state index < -0.39 is 0 Å². The minimum absolute atomic E-state index is 0.0696. The van der Waals surface area contributed by atoms with Crippen molar-refractivity contribution in [2.24, 2.45) is 0 Å². The standard InChI is InChI=1S/C7H8ClN3O/c8-5-7(12)11-10-6-3-1-2-4-9-6/h1-4H,5H2,(H,9,10)(H,11,12). The summed E-state index contributed by atoms with van der Waals surface area (Å²) < 4.78 is 0. The molecule has 0 spiro atoms. The van der Waals surface area contributed by atoms with Gasteiger partial charge < -0.3 is 0 Å². The van der Waals surface area contributed by atoms with Gasteiger partial charge in [-0.3, -0.25) is 15.6 Å². The summed E-state index contributed by atoms with van der Waals surface area (Å²) in [5, 5.41) is 0. The maximum atomic E-state index is 10.7. The quantitative estimate of drug-likeness (QED) is 0.540. The molecular formula is C7H8ClN3O. The minimum Gasteiger partial charge on any atom is -0.282 e. The van der Waals surface area contributed by atoms with Crippen LogP contribution < -0.4 is 10.9 Å². The normalized spacial score (nSPS) is 9.08. The molecule has 64 valence electrons. The maximum absolute atomic E-state index is 10.7. The highest BCUT2D eigenvalue weighted by Crippen LogP contribution is 1.96. The van der Waals surface area contributed by atoms with Gasteiger partial charge in [-0.15, -0.1) is 11.6 Å². The van der Waals surface area contributed by atoms with E-state index in [1.54, 1.807) is 18.3 Å². The van der Waals surface area contributed by atoms with E-state index in [1.165, 1.54) is 0 Å². The maximum Gasteiger partial charge on any atom is 0.253 e. The SMILES string of the molecule is O=C(CCl)NNc1ccccn1. The first-order valence-corrected chi connectivity index (χ1v) is 3.88. The molecular weight excluding hydrogens is 178 g/mol. The molecule has 4 nitrogen and oxygen atoms in total. The molecule has 0 saturated heterocycles. The third kappa shape index (κ3) is 2.75. The average molecular weight is 186 g/mol. The third-order valence-corrected chi connectivity index (χ3v) is 1.36. The molecule has 0 atom stereocenters. The van der Waals surface area contributed by atoms with Gasteiger partial charge in [0.15, 0.2) is 0 Å². The van der Waals surface area contributed by atoms with E-state index in [9.17, 15) is 4.79 Å². The number of amides is 1. The first-order valence-electron chi connectivity index (χ1n) is 3.35. The van der Waals surface area contributed by atoms with E-state index in [0.29, 0.717) is 5.82 Å². The van der Waals surface area contributed by atoms with E-state index >= 15 is 0 Å². The van der Waals surface area contributed by atoms with Gasteiger partial charge in [0.05, 0.1) is 0 Å². The molecule has 5 heteroatoms. The minimum atomic E-state index is -0.290. The van der Waals surface area contributed by atoms with Crippen LogP contribution in [-0.4, -0.2) is 16.8 Å². The van der Waals surface area contributed by atoms with E-state index in [2.05, 4.69) is 15.8 Å². The van der Waals surface area contributed by atoms with Crippen molar-refractivity contribution < 1.29 is 4.79 Å². The monoisotopic (exact) mass is 185 g/mol. The zero-order chi connectivity index (χ0) is 8.81. The lowest BCUT2D eigenvalue weighted by molar-refractivity contribution is -0.118. The van der Waals surface area contributed by atoms with Gasteiger partial charge >= 0.3 is 0 Å². The number of hydrogen-bond acceptors (Lipinski definition) is 3. The van der Waals surface area contributed by atoms with E-state index in [4.69, 9.17) is 11.6 Å². The predicted octanol–water partition coefficient (Wildman–Crippen LogP) is 0.763. The van der Waals surface area contributed by atoms with Crippen molar-refractivity contribution in [1.82, 2.24) is 10.4 Å². The molecule has 1 aromatic rings. The van der Waals surface area contributed by atoms with E-state index in [-0.39, 0.29) is 11.8 Å². The molecule has 1 heterocycles. The van der Waals surface area contributed by atoms with Gasteiger partial charge in [-0.25, -0.2) is 4.98 Å². The molecule has 0 bridgehead atoms. The zero-order valence-electron chi connectivity index (χ0n) is 6.25. The number of hydrogen-bond donors (Lipinski definition) is 2. The molecule has 0 unspecified atom stereocenters. The fourth-order valence-electron chi connectivity index (χ4n) is 0.604. The van der Waals surface area contributed by atoms with Gasteiger partial charge in [0.2, 0.25) is 0 Å². The van der Waals surface area contributed by atoms with Crippen LogP contribution in [0.1, 0.15) is 0 Å². The molecule has 1 rings (SSSR count). The molecule has 0 aromatic carbocycles. The number of aromatic nitrogens is 1. The Balaban J connectivity index is 2.38. The Morgan fingerprint density at radius 3 is 3.00 bits per heavy atom. The predicted molar refractivity (Wildman–Crippen MR) is 46.7 cm³/mol. The van der Waals surface area contributed by atoms with Gasteiger partial charge in [0.25, 0.3) is 5.91 Å². The molecule has 0 aliphatic rings. The lowest BCUT2D eigenvalue weighted by atomic mass is 10.5. The summed E-state index contributed by atoms with van der Waals surface area (Å²) in [6.07, 6.45) is 1.62. The number of halogens is 1. The second-order valence-corrected chi connectivity index (χ2v) is 2.29. The summed E-state index contributed by atoms with van der Waals surface area (Å²) in [6, 6.07) is 5.32. The van der Waals surface area contributed by atoms with Crippen molar-refractivity contribution in [1.29, 1.82) is 0 Å². The Morgan fingerprint density at radius 1 is 1.58 bits per heavy atom. The van der Waals surface area contributed by atoms with E-state index in [0.717, 1.165) is 0 Å². The summed E-state index contributed by atoms with van der Waals surface area (Å²) in [5.74, 6) is 0.220.